The molecule has 0 unspecified atom stereocenters. The van der Waals surface area contributed by atoms with Gasteiger partial charge in [-0.15, -0.1) is 0 Å². The summed E-state index contributed by atoms with van der Waals surface area (Å²) in [5.74, 6) is 0.362. The summed E-state index contributed by atoms with van der Waals surface area (Å²) in [6, 6.07) is 25.9. The largest absolute Gasteiger partial charge is 0.496 e. The molecule has 0 atom stereocenters. The Morgan fingerprint density at radius 1 is 0.605 bits per heavy atom. The van der Waals surface area contributed by atoms with Crippen LogP contribution in [0.15, 0.2) is 84.9 Å². The van der Waals surface area contributed by atoms with E-state index in [0.29, 0.717) is 17.9 Å². The SMILES string of the molecule is COc1ccc(C)cc1C(=O)O.COc1ccc(Cc2ccc(Oc3ccc(C)cc3)cc2)cc1C(=O)O. The molecule has 38 heavy (non-hydrogen) atoms. The Bertz CT molecular complexity index is 1390. The number of hydrogen-bond acceptors (Lipinski definition) is 5. The highest BCUT2D eigenvalue weighted by Crippen LogP contribution is 2.25. The standard InChI is InChI=1S/C22H20O4.C9H10O3/c1-15-3-8-18(9-4-15)26-19-10-5-16(6-11-19)13-17-7-12-21(25-2)20(14-17)22(23)24;1-6-3-4-8(12-2)7(5-6)9(10)11/h3-12,14H,13H2,1-2H3,(H,23,24);3-5H,1-2H3,(H,10,11). The normalized spacial score (nSPS) is 10.1. The number of aromatic carboxylic acids is 2. The van der Waals surface area contributed by atoms with Crippen molar-refractivity contribution in [1.82, 2.24) is 0 Å². The van der Waals surface area contributed by atoms with Crippen LogP contribution in [0.2, 0.25) is 0 Å². The van der Waals surface area contributed by atoms with Gasteiger partial charge in [-0.25, -0.2) is 9.59 Å². The van der Waals surface area contributed by atoms with Crippen LogP contribution in [0, 0.1) is 13.8 Å². The van der Waals surface area contributed by atoms with E-state index in [-0.39, 0.29) is 11.1 Å². The average Bonchev–Trinajstić information content (AvgIpc) is 2.91. The van der Waals surface area contributed by atoms with E-state index in [9.17, 15) is 14.7 Å². The first-order valence-corrected chi connectivity index (χ1v) is 11.8. The number of carboxylic acids is 2. The van der Waals surface area contributed by atoms with Gasteiger partial charge in [0.15, 0.2) is 0 Å². The number of ether oxygens (including phenoxy) is 3. The predicted octanol–water partition coefficient (Wildman–Crippen LogP) is 6.79. The Hall–Kier alpha value is -4.78. The van der Waals surface area contributed by atoms with Crippen LogP contribution in [0.5, 0.6) is 23.0 Å². The van der Waals surface area contributed by atoms with E-state index in [1.807, 2.05) is 74.5 Å². The van der Waals surface area contributed by atoms with Crippen LogP contribution in [0.25, 0.3) is 0 Å². The molecule has 4 aromatic rings. The van der Waals surface area contributed by atoms with Gasteiger partial charge in [-0.1, -0.05) is 47.5 Å². The summed E-state index contributed by atoms with van der Waals surface area (Å²) >= 11 is 0. The average molecular weight is 515 g/mol. The first kappa shape index (κ1) is 27.8. The van der Waals surface area contributed by atoms with Crippen molar-refractivity contribution in [1.29, 1.82) is 0 Å². The van der Waals surface area contributed by atoms with Crippen molar-refractivity contribution >= 4 is 11.9 Å². The van der Waals surface area contributed by atoms with Gasteiger partial charge < -0.3 is 24.4 Å². The monoisotopic (exact) mass is 514 g/mol. The van der Waals surface area contributed by atoms with Crippen LogP contribution in [-0.4, -0.2) is 36.4 Å². The molecule has 0 aliphatic rings. The molecule has 0 aliphatic heterocycles. The molecule has 0 heterocycles. The van der Waals surface area contributed by atoms with E-state index in [4.69, 9.17) is 19.3 Å². The second-order valence-corrected chi connectivity index (χ2v) is 8.58. The third-order valence-electron chi connectivity index (χ3n) is 5.67. The third kappa shape index (κ3) is 7.61. The molecular weight excluding hydrogens is 484 g/mol. The fraction of sp³-hybridized carbons (Fsp3) is 0.161. The molecule has 0 radical (unpaired) electrons. The molecular formula is C31H30O7. The van der Waals surface area contributed by atoms with Crippen LogP contribution in [0.3, 0.4) is 0 Å². The molecule has 4 aromatic carbocycles. The molecule has 0 spiro atoms. The minimum Gasteiger partial charge on any atom is -0.496 e. The molecule has 2 N–H and O–H groups in total. The first-order chi connectivity index (χ1) is 18.2. The van der Waals surface area contributed by atoms with E-state index in [2.05, 4.69) is 0 Å². The molecule has 0 amide bonds. The smallest absolute Gasteiger partial charge is 0.339 e. The highest BCUT2D eigenvalue weighted by atomic mass is 16.5. The zero-order valence-electron chi connectivity index (χ0n) is 21.7. The Morgan fingerprint density at radius 2 is 1.05 bits per heavy atom. The molecule has 7 nitrogen and oxygen atoms in total. The van der Waals surface area contributed by atoms with Crippen molar-refractivity contribution in [3.05, 3.63) is 118 Å². The number of benzene rings is 4. The van der Waals surface area contributed by atoms with Crippen LogP contribution in [0.4, 0.5) is 0 Å². The van der Waals surface area contributed by atoms with Crippen molar-refractivity contribution in [3.8, 4) is 23.0 Å². The van der Waals surface area contributed by atoms with Gasteiger partial charge in [0, 0.05) is 0 Å². The second-order valence-electron chi connectivity index (χ2n) is 8.58. The summed E-state index contributed by atoms with van der Waals surface area (Å²) in [6.45, 7) is 3.87. The summed E-state index contributed by atoms with van der Waals surface area (Å²) in [5, 5.41) is 18.0. The summed E-state index contributed by atoms with van der Waals surface area (Å²) in [4.78, 5) is 22.0. The zero-order chi connectivity index (χ0) is 27.7. The number of rotatable bonds is 8. The molecule has 0 saturated carbocycles. The first-order valence-electron chi connectivity index (χ1n) is 11.8. The highest BCUT2D eigenvalue weighted by molar-refractivity contribution is 5.91. The van der Waals surface area contributed by atoms with Crippen LogP contribution in [0.1, 0.15) is 43.0 Å². The molecule has 7 heteroatoms. The van der Waals surface area contributed by atoms with E-state index < -0.39 is 11.9 Å². The lowest BCUT2D eigenvalue weighted by Crippen LogP contribution is -2.02. The lowest BCUT2D eigenvalue weighted by Gasteiger charge is -2.09. The summed E-state index contributed by atoms with van der Waals surface area (Å²) in [7, 11) is 2.92. The van der Waals surface area contributed by atoms with Gasteiger partial charge in [0.2, 0.25) is 0 Å². The number of hydrogen-bond donors (Lipinski definition) is 2. The fourth-order valence-electron chi connectivity index (χ4n) is 3.67. The molecule has 0 saturated heterocycles. The van der Waals surface area contributed by atoms with E-state index in [0.717, 1.165) is 28.2 Å². The van der Waals surface area contributed by atoms with Crippen molar-refractivity contribution in [2.24, 2.45) is 0 Å². The lowest BCUT2D eigenvalue weighted by atomic mass is 10.0. The molecule has 196 valence electrons. The maximum atomic E-state index is 11.3. The van der Waals surface area contributed by atoms with E-state index >= 15 is 0 Å². The quantitative estimate of drug-likeness (QED) is 0.267. The van der Waals surface area contributed by atoms with Gasteiger partial charge in [0.05, 0.1) is 14.2 Å². The number of carboxylic acid groups (broad SMARTS) is 2. The highest BCUT2D eigenvalue weighted by Gasteiger charge is 2.12. The Morgan fingerprint density at radius 3 is 1.58 bits per heavy atom. The maximum Gasteiger partial charge on any atom is 0.339 e. The molecule has 0 aliphatic carbocycles. The van der Waals surface area contributed by atoms with Gasteiger partial charge in [-0.2, -0.15) is 0 Å². The van der Waals surface area contributed by atoms with E-state index in [1.165, 1.54) is 19.8 Å². The minimum atomic E-state index is -0.995. The minimum absolute atomic E-state index is 0.171. The Balaban J connectivity index is 0.000000279. The maximum absolute atomic E-state index is 11.3. The van der Waals surface area contributed by atoms with Gasteiger partial charge in [0.25, 0.3) is 0 Å². The summed E-state index contributed by atoms with van der Waals surface area (Å²) in [5.41, 5.74) is 4.46. The van der Waals surface area contributed by atoms with Crippen LogP contribution >= 0.6 is 0 Å². The van der Waals surface area contributed by atoms with Crippen molar-refractivity contribution in [2.45, 2.75) is 20.3 Å². The number of aryl methyl sites for hydroxylation is 2. The number of carbonyl (C=O) groups is 2. The van der Waals surface area contributed by atoms with Crippen molar-refractivity contribution in [2.75, 3.05) is 14.2 Å². The van der Waals surface area contributed by atoms with Crippen LogP contribution in [-0.2, 0) is 6.42 Å². The van der Waals surface area contributed by atoms with E-state index in [1.54, 1.807) is 24.3 Å². The molecule has 0 bridgehead atoms. The van der Waals surface area contributed by atoms with Gasteiger partial charge in [-0.3, -0.25) is 0 Å². The van der Waals surface area contributed by atoms with Crippen molar-refractivity contribution in [3.63, 3.8) is 0 Å². The fourth-order valence-corrected chi connectivity index (χ4v) is 3.67. The number of methoxy groups -OCH3 is 2. The molecule has 4 rings (SSSR count). The molecule has 0 aromatic heterocycles. The van der Waals surface area contributed by atoms with Crippen molar-refractivity contribution < 1.29 is 34.0 Å². The Labute approximate surface area is 221 Å². The van der Waals surface area contributed by atoms with Gasteiger partial charge >= 0.3 is 11.9 Å². The predicted molar refractivity (Wildman–Crippen MR) is 145 cm³/mol. The Kier molecular flexibility index (Phi) is 9.48. The summed E-state index contributed by atoms with van der Waals surface area (Å²) in [6.07, 6.45) is 0.634. The lowest BCUT2D eigenvalue weighted by molar-refractivity contribution is 0.0682. The van der Waals surface area contributed by atoms with Gasteiger partial charge in [-0.05, 0) is 79.9 Å². The zero-order valence-corrected chi connectivity index (χ0v) is 21.7. The third-order valence-corrected chi connectivity index (χ3v) is 5.67. The van der Waals surface area contributed by atoms with Crippen LogP contribution < -0.4 is 14.2 Å². The molecule has 0 fully saturated rings. The second kappa shape index (κ2) is 13.0. The van der Waals surface area contributed by atoms with Gasteiger partial charge in [0.1, 0.15) is 34.1 Å². The summed E-state index contributed by atoms with van der Waals surface area (Å²) < 4.78 is 15.8. The topological polar surface area (TPSA) is 102 Å².